The predicted octanol–water partition coefficient (Wildman–Crippen LogP) is 8.55. The van der Waals surface area contributed by atoms with Crippen molar-refractivity contribution in [2.75, 3.05) is 5.32 Å². The van der Waals surface area contributed by atoms with Gasteiger partial charge in [-0.05, 0) is 96.1 Å². The number of hydrogen-bond acceptors (Lipinski definition) is 5. The van der Waals surface area contributed by atoms with E-state index in [1.54, 1.807) is 36.4 Å². The molecule has 260 valence electrons. The van der Waals surface area contributed by atoms with Crippen LogP contribution in [0.2, 0.25) is 5.02 Å². The highest BCUT2D eigenvalue weighted by Crippen LogP contribution is 2.42. The molecule has 0 saturated carbocycles. The highest BCUT2D eigenvalue weighted by atomic mass is 35.5. The number of rotatable bonds is 15. The standard InChI is InChI=1S/C40H40ClFN2O6/c1-25(2)38-37(40(49)43-31-16-8-26(9-17-31)24-50-34-18-12-29(41)13-19-34)36(27-6-4-3-5-7-27)39(28-10-14-30(42)15-11-28)44(38)21-20-32(45)22-33(46)23-35(47)48/h3-19,25,32-33,45-46H,20-24H2,1-2H3,(H,43,49)(H,47,48)/t32-,33-/m1/s1. The van der Waals surface area contributed by atoms with Gasteiger partial charge in [-0.2, -0.15) is 0 Å². The second-order valence-corrected chi connectivity index (χ2v) is 12.9. The fourth-order valence-corrected chi connectivity index (χ4v) is 6.19. The molecule has 1 aromatic heterocycles. The third kappa shape index (κ3) is 9.18. The van der Waals surface area contributed by atoms with E-state index in [-0.39, 0.29) is 31.2 Å². The molecule has 0 bridgehead atoms. The van der Waals surface area contributed by atoms with Gasteiger partial charge in [-0.3, -0.25) is 9.59 Å². The van der Waals surface area contributed by atoms with Crippen LogP contribution in [0.25, 0.3) is 22.4 Å². The van der Waals surface area contributed by atoms with Crippen molar-refractivity contribution in [3.05, 3.63) is 131 Å². The molecule has 5 rings (SSSR count). The van der Waals surface area contributed by atoms with Gasteiger partial charge in [0.1, 0.15) is 18.2 Å². The second-order valence-electron chi connectivity index (χ2n) is 12.5. The Hall–Kier alpha value is -4.96. The number of carboxylic acid groups (broad SMARTS) is 1. The van der Waals surface area contributed by atoms with E-state index in [2.05, 4.69) is 5.32 Å². The minimum atomic E-state index is -1.20. The fraction of sp³-hybridized carbons (Fsp3) is 0.250. The minimum absolute atomic E-state index is 0.115. The molecule has 1 amide bonds. The number of aromatic nitrogens is 1. The number of carbonyl (C=O) groups is 2. The molecule has 10 heteroatoms. The largest absolute Gasteiger partial charge is 0.489 e. The lowest BCUT2D eigenvalue weighted by Gasteiger charge is -2.20. The number of anilines is 1. The highest BCUT2D eigenvalue weighted by molar-refractivity contribution is 6.30. The Morgan fingerprint density at radius 1 is 0.860 bits per heavy atom. The molecule has 0 radical (unpaired) electrons. The Kier molecular flexibility index (Phi) is 12.1. The van der Waals surface area contributed by atoms with E-state index in [0.29, 0.717) is 51.1 Å². The van der Waals surface area contributed by atoms with Gasteiger partial charge in [0.05, 0.1) is 29.9 Å². The summed E-state index contributed by atoms with van der Waals surface area (Å²) in [6, 6.07) is 30.0. The number of benzene rings is 4. The van der Waals surface area contributed by atoms with Gasteiger partial charge in [0.2, 0.25) is 0 Å². The summed E-state index contributed by atoms with van der Waals surface area (Å²) in [7, 11) is 0. The molecule has 0 unspecified atom stereocenters. The number of carbonyl (C=O) groups excluding carboxylic acids is 1. The summed E-state index contributed by atoms with van der Waals surface area (Å²) in [5, 5.41) is 33.8. The summed E-state index contributed by atoms with van der Waals surface area (Å²) < 4.78 is 22.0. The number of hydrogen-bond donors (Lipinski definition) is 4. The minimum Gasteiger partial charge on any atom is -0.489 e. The molecule has 0 fully saturated rings. The normalized spacial score (nSPS) is 12.5. The summed E-state index contributed by atoms with van der Waals surface area (Å²) in [6.07, 6.45) is -2.63. The van der Waals surface area contributed by atoms with Crippen LogP contribution in [0.5, 0.6) is 5.75 Å². The Morgan fingerprint density at radius 3 is 2.14 bits per heavy atom. The number of aliphatic hydroxyl groups excluding tert-OH is 2. The van der Waals surface area contributed by atoms with Crippen LogP contribution >= 0.6 is 11.6 Å². The molecular formula is C40H40ClFN2O6. The molecule has 8 nitrogen and oxygen atoms in total. The van der Waals surface area contributed by atoms with Crippen LogP contribution in [-0.2, 0) is 17.9 Å². The molecule has 2 atom stereocenters. The van der Waals surface area contributed by atoms with Gasteiger partial charge in [-0.15, -0.1) is 0 Å². The van der Waals surface area contributed by atoms with Crippen LogP contribution in [-0.4, -0.2) is 44.0 Å². The van der Waals surface area contributed by atoms with E-state index in [1.807, 2.05) is 73.0 Å². The van der Waals surface area contributed by atoms with Gasteiger partial charge < -0.3 is 29.9 Å². The van der Waals surface area contributed by atoms with Crippen molar-refractivity contribution in [1.29, 1.82) is 0 Å². The summed E-state index contributed by atoms with van der Waals surface area (Å²) in [6.45, 7) is 4.54. The summed E-state index contributed by atoms with van der Waals surface area (Å²) in [5.74, 6) is -1.36. The number of amides is 1. The maximum Gasteiger partial charge on any atom is 0.305 e. The zero-order chi connectivity index (χ0) is 35.8. The molecule has 0 spiro atoms. The maximum atomic E-state index is 14.4. The van der Waals surface area contributed by atoms with Gasteiger partial charge in [-0.25, -0.2) is 4.39 Å². The average Bonchev–Trinajstić information content (AvgIpc) is 3.44. The zero-order valence-electron chi connectivity index (χ0n) is 27.9. The highest BCUT2D eigenvalue weighted by Gasteiger charge is 2.31. The van der Waals surface area contributed by atoms with E-state index < -0.39 is 30.4 Å². The van der Waals surface area contributed by atoms with Crippen LogP contribution in [0.4, 0.5) is 10.1 Å². The molecule has 0 saturated heterocycles. The number of nitrogens with zero attached hydrogens (tertiary/aromatic N) is 1. The topological polar surface area (TPSA) is 121 Å². The van der Waals surface area contributed by atoms with Gasteiger partial charge in [0.15, 0.2) is 0 Å². The number of carboxylic acids is 1. The van der Waals surface area contributed by atoms with E-state index in [1.165, 1.54) is 12.1 Å². The number of aliphatic carboxylic acids is 1. The maximum absolute atomic E-state index is 14.4. The Morgan fingerprint density at radius 2 is 1.52 bits per heavy atom. The second kappa shape index (κ2) is 16.6. The quantitative estimate of drug-likeness (QED) is 0.0870. The van der Waals surface area contributed by atoms with Crippen molar-refractivity contribution in [2.45, 2.75) is 64.4 Å². The molecule has 1 heterocycles. The molecule has 5 aromatic rings. The Balaban J connectivity index is 1.52. The Labute approximate surface area is 295 Å². The molecule has 4 aromatic carbocycles. The van der Waals surface area contributed by atoms with Crippen LogP contribution in [0.3, 0.4) is 0 Å². The Bertz CT molecular complexity index is 1890. The van der Waals surface area contributed by atoms with Crippen molar-refractivity contribution in [2.24, 2.45) is 0 Å². The first kappa shape index (κ1) is 36.3. The van der Waals surface area contributed by atoms with Crippen LogP contribution in [0, 0.1) is 5.82 Å². The first-order valence-electron chi connectivity index (χ1n) is 16.4. The van der Waals surface area contributed by atoms with Crippen molar-refractivity contribution >= 4 is 29.2 Å². The summed E-state index contributed by atoms with van der Waals surface area (Å²) in [4.78, 5) is 25.5. The average molecular weight is 699 g/mol. The van der Waals surface area contributed by atoms with Crippen LogP contribution in [0.15, 0.2) is 103 Å². The molecule has 0 aliphatic rings. The van der Waals surface area contributed by atoms with Crippen molar-refractivity contribution in [3.63, 3.8) is 0 Å². The van der Waals surface area contributed by atoms with Crippen molar-refractivity contribution in [1.82, 2.24) is 4.57 Å². The van der Waals surface area contributed by atoms with Crippen LogP contribution < -0.4 is 10.1 Å². The summed E-state index contributed by atoms with van der Waals surface area (Å²) in [5.41, 5.74) is 5.44. The number of aliphatic hydroxyl groups is 2. The zero-order valence-corrected chi connectivity index (χ0v) is 28.6. The first-order valence-corrected chi connectivity index (χ1v) is 16.8. The van der Waals surface area contributed by atoms with E-state index in [4.69, 9.17) is 21.4 Å². The van der Waals surface area contributed by atoms with Gasteiger partial charge in [0, 0.05) is 28.5 Å². The van der Waals surface area contributed by atoms with Crippen molar-refractivity contribution < 1.29 is 34.0 Å². The first-order chi connectivity index (χ1) is 24.0. The summed E-state index contributed by atoms with van der Waals surface area (Å²) >= 11 is 5.97. The molecule has 0 aliphatic heterocycles. The molecule has 50 heavy (non-hydrogen) atoms. The lowest BCUT2D eigenvalue weighted by molar-refractivity contribution is -0.139. The number of halogens is 2. The molecular weight excluding hydrogens is 659 g/mol. The van der Waals surface area contributed by atoms with Gasteiger partial charge in [0.25, 0.3) is 5.91 Å². The molecule has 4 N–H and O–H groups in total. The predicted molar refractivity (Wildman–Crippen MR) is 193 cm³/mol. The lowest BCUT2D eigenvalue weighted by Crippen LogP contribution is -2.22. The fourth-order valence-electron chi connectivity index (χ4n) is 6.06. The van der Waals surface area contributed by atoms with E-state index >= 15 is 0 Å². The monoisotopic (exact) mass is 698 g/mol. The molecule has 0 aliphatic carbocycles. The third-order valence-electron chi connectivity index (χ3n) is 8.33. The van der Waals surface area contributed by atoms with Gasteiger partial charge >= 0.3 is 5.97 Å². The SMILES string of the molecule is CC(C)c1c(C(=O)Nc2ccc(COc3ccc(Cl)cc3)cc2)c(-c2ccccc2)c(-c2ccc(F)cc2)n1CC[C@@H](O)C[C@@H](O)CC(=O)O. The number of ether oxygens (including phenoxy) is 1. The van der Waals surface area contributed by atoms with Crippen LogP contribution in [0.1, 0.15) is 60.6 Å². The van der Waals surface area contributed by atoms with E-state index in [0.717, 1.165) is 11.1 Å². The lowest BCUT2D eigenvalue weighted by atomic mass is 9.94. The third-order valence-corrected chi connectivity index (χ3v) is 8.58. The van der Waals surface area contributed by atoms with Crippen molar-refractivity contribution in [3.8, 4) is 28.1 Å². The van der Waals surface area contributed by atoms with Gasteiger partial charge in [-0.1, -0.05) is 67.9 Å². The number of nitrogens with one attached hydrogen (secondary N) is 1. The van der Waals surface area contributed by atoms with E-state index in [9.17, 15) is 24.2 Å². The smallest absolute Gasteiger partial charge is 0.305 e.